The molecule has 4 nitrogen and oxygen atoms in total. The number of Topliss-reactive ketones (excluding diaryl/α,β-unsaturated/α-hetero) is 1. The lowest BCUT2D eigenvalue weighted by Crippen LogP contribution is -2.28. The normalized spacial score (nSPS) is 13.5. The fourth-order valence-electron chi connectivity index (χ4n) is 2.25. The number of amides is 2. The number of rotatable bonds is 5. The van der Waals surface area contributed by atoms with E-state index >= 15 is 0 Å². The van der Waals surface area contributed by atoms with E-state index in [0.29, 0.717) is 12.2 Å². The molecule has 1 aliphatic rings. The van der Waals surface area contributed by atoms with Crippen molar-refractivity contribution in [1.29, 1.82) is 0 Å². The Hall–Kier alpha value is -2.62. The van der Waals surface area contributed by atoms with Crippen molar-refractivity contribution in [3.05, 3.63) is 65.7 Å². The molecule has 0 aromatic heterocycles. The van der Waals surface area contributed by atoms with Crippen LogP contribution in [-0.2, 0) is 6.54 Å². The van der Waals surface area contributed by atoms with Gasteiger partial charge in [0.15, 0.2) is 5.78 Å². The van der Waals surface area contributed by atoms with Crippen molar-refractivity contribution in [2.45, 2.75) is 19.4 Å². The molecule has 112 valence electrons. The van der Waals surface area contributed by atoms with Crippen LogP contribution in [0.1, 0.15) is 28.8 Å². The Morgan fingerprint density at radius 3 is 2.27 bits per heavy atom. The van der Waals surface area contributed by atoms with Gasteiger partial charge in [-0.3, -0.25) is 4.79 Å². The molecule has 2 aromatic carbocycles. The van der Waals surface area contributed by atoms with Crippen LogP contribution in [0.15, 0.2) is 54.6 Å². The second-order valence-corrected chi connectivity index (χ2v) is 5.51. The molecular formula is C18H18N2O2. The molecule has 2 amide bonds. The van der Waals surface area contributed by atoms with Crippen molar-refractivity contribution in [2.24, 2.45) is 5.92 Å². The third-order valence-corrected chi connectivity index (χ3v) is 3.67. The molecule has 0 spiro atoms. The SMILES string of the molecule is O=C(NCc1ccccc1)Nc1ccc(C(=O)C2CC2)cc1. The van der Waals surface area contributed by atoms with Crippen molar-refractivity contribution in [3.8, 4) is 0 Å². The van der Waals surface area contributed by atoms with Crippen molar-refractivity contribution >= 4 is 17.5 Å². The number of carbonyl (C=O) groups is 2. The van der Waals surface area contributed by atoms with E-state index in [4.69, 9.17) is 0 Å². The van der Waals surface area contributed by atoms with Gasteiger partial charge in [0.05, 0.1) is 0 Å². The molecule has 3 rings (SSSR count). The van der Waals surface area contributed by atoms with E-state index in [2.05, 4.69) is 10.6 Å². The summed E-state index contributed by atoms with van der Waals surface area (Å²) in [7, 11) is 0. The van der Waals surface area contributed by atoms with E-state index in [9.17, 15) is 9.59 Å². The van der Waals surface area contributed by atoms with Crippen molar-refractivity contribution in [1.82, 2.24) is 5.32 Å². The standard InChI is InChI=1S/C18H18N2O2/c21-17(14-6-7-14)15-8-10-16(11-9-15)20-18(22)19-12-13-4-2-1-3-5-13/h1-5,8-11,14H,6-7,12H2,(H2,19,20,22). The van der Waals surface area contributed by atoms with Gasteiger partial charge in [0.2, 0.25) is 0 Å². The minimum atomic E-state index is -0.259. The van der Waals surface area contributed by atoms with Crippen LogP contribution in [0.2, 0.25) is 0 Å². The van der Waals surface area contributed by atoms with Crippen LogP contribution in [0.25, 0.3) is 0 Å². The lowest BCUT2D eigenvalue weighted by atomic mass is 10.1. The van der Waals surface area contributed by atoms with Gasteiger partial charge in [0.1, 0.15) is 0 Å². The second kappa shape index (κ2) is 6.43. The fraction of sp³-hybridized carbons (Fsp3) is 0.222. The summed E-state index contributed by atoms with van der Waals surface area (Å²) < 4.78 is 0. The summed E-state index contributed by atoms with van der Waals surface area (Å²) in [6.45, 7) is 0.477. The maximum atomic E-state index is 11.9. The zero-order chi connectivity index (χ0) is 15.4. The van der Waals surface area contributed by atoms with Gasteiger partial charge >= 0.3 is 6.03 Å². The van der Waals surface area contributed by atoms with Crippen LogP contribution < -0.4 is 10.6 Å². The molecule has 0 aliphatic heterocycles. The molecule has 2 N–H and O–H groups in total. The van der Waals surface area contributed by atoms with Crippen LogP contribution in [0, 0.1) is 5.92 Å². The molecule has 0 radical (unpaired) electrons. The van der Waals surface area contributed by atoms with E-state index in [-0.39, 0.29) is 17.7 Å². The van der Waals surface area contributed by atoms with E-state index in [0.717, 1.165) is 24.0 Å². The van der Waals surface area contributed by atoms with Crippen LogP contribution in [0.5, 0.6) is 0 Å². The molecule has 2 aromatic rings. The first kappa shape index (κ1) is 14.3. The number of urea groups is 1. The molecule has 1 aliphatic carbocycles. The van der Waals surface area contributed by atoms with Crippen LogP contribution in [0.3, 0.4) is 0 Å². The lowest BCUT2D eigenvalue weighted by Gasteiger charge is -2.08. The van der Waals surface area contributed by atoms with Gasteiger partial charge in [-0.15, -0.1) is 0 Å². The topological polar surface area (TPSA) is 58.2 Å². The molecule has 0 saturated heterocycles. The van der Waals surface area contributed by atoms with Crippen molar-refractivity contribution in [2.75, 3.05) is 5.32 Å². The zero-order valence-electron chi connectivity index (χ0n) is 12.2. The summed E-state index contributed by atoms with van der Waals surface area (Å²) in [5.74, 6) is 0.424. The molecule has 0 unspecified atom stereocenters. The summed E-state index contributed by atoms with van der Waals surface area (Å²) in [5, 5.41) is 5.56. The largest absolute Gasteiger partial charge is 0.334 e. The van der Waals surface area contributed by atoms with Gasteiger partial charge in [0, 0.05) is 23.7 Å². The minimum absolute atomic E-state index is 0.208. The third-order valence-electron chi connectivity index (χ3n) is 3.67. The molecular weight excluding hydrogens is 276 g/mol. The van der Waals surface area contributed by atoms with Gasteiger partial charge in [-0.05, 0) is 42.7 Å². The number of nitrogens with one attached hydrogen (secondary N) is 2. The maximum Gasteiger partial charge on any atom is 0.319 e. The summed E-state index contributed by atoms with van der Waals surface area (Å²) in [5.41, 5.74) is 2.44. The van der Waals surface area contributed by atoms with E-state index in [1.54, 1.807) is 24.3 Å². The summed E-state index contributed by atoms with van der Waals surface area (Å²) >= 11 is 0. The lowest BCUT2D eigenvalue weighted by molar-refractivity contribution is 0.0967. The molecule has 0 bridgehead atoms. The Morgan fingerprint density at radius 2 is 1.64 bits per heavy atom. The number of anilines is 1. The molecule has 0 atom stereocenters. The Labute approximate surface area is 129 Å². The Kier molecular flexibility index (Phi) is 4.19. The summed E-state index contributed by atoms with van der Waals surface area (Å²) in [4.78, 5) is 23.7. The first-order valence-electron chi connectivity index (χ1n) is 7.45. The molecule has 22 heavy (non-hydrogen) atoms. The number of hydrogen-bond acceptors (Lipinski definition) is 2. The Bertz CT molecular complexity index is 661. The van der Waals surface area contributed by atoms with Gasteiger partial charge < -0.3 is 10.6 Å². The number of carbonyl (C=O) groups excluding carboxylic acids is 2. The fourth-order valence-corrected chi connectivity index (χ4v) is 2.25. The van der Waals surface area contributed by atoms with Gasteiger partial charge in [-0.2, -0.15) is 0 Å². The molecule has 0 heterocycles. The molecule has 4 heteroatoms. The second-order valence-electron chi connectivity index (χ2n) is 5.51. The number of ketones is 1. The van der Waals surface area contributed by atoms with E-state index in [1.165, 1.54) is 0 Å². The highest BCUT2D eigenvalue weighted by molar-refractivity contribution is 6.00. The first-order valence-corrected chi connectivity index (χ1v) is 7.45. The highest BCUT2D eigenvalue weighted by Crippen LogP contribution is 2.32. The molecule has 1 fully saturated rings. The van der Waals surface area contributed by atoms with E-state index < -0.39 is 0 Å². The third kappa shape index (κ3) is 3.73. The Balaban J connectivity index is 1.51. The Morgan fingerprint density at radius 1 is 0.955 bits per heavy atom. The number of benzene rings is 2. The summed E-state index contributed by atoms with van der Waals surface area (Å²) in [6, 6.07) is 16.5. The predicted octanol–water partition coefficient (Wildman–Crippen LogP) is 3.60. The van der Waals surface area contributed by atoms with Crippen LogP contribution in [-0.4, -0.2) is 11.8 Å². The average Bonchev–Trinajstić information content (AvgIpc) is 3.39. The average molecular weight is 294 g/mol. The van der Waals surface area contributed by atoms with Crippen LogP contribution >= 0.6 is 0 Å². The minimum Gasteiger partial charge on any atom is -0.334 e. The van der Waals surface area contributed by atoms with Gasteiger partial charge in [-0.1, -0.05) is 30.3 Å². The smallest absolute Gasteiger partial charge is 0.319 e. The van der Waals surface area contributed by atoms with Gasteiger partial charge in [0.25, 0.3) is 0 Å². The quantitative estimate of drug-likeness (QED) is 0.828. The zero-order valence-corrected chi connectivity index (χ0v) is 12.2. The number of hydrogen-bond donors (Lipinski definition) is 2. The highest BCUT2D eigenvalue weighted by Gasteiger charge is 2.30. The van der Waals surface area contributed by atoms with Gasteiger partial charge in [-0.25, -0.2) is 4.79 Å². The maximum absolute atomic E-state index is 11.9. The summed E-state index contributed by atoms with van der Waals surface area (Å²) in [6.07, 6.45) is 2.00. The van der Waals surface area contributed by atoms with Crippen LogP contribution in [0.4, 0.5) is 10.5 Å². The predicted molar refractivity (Wildman–Crippen MR) is 85.8 cm³/mol. The monoisotopic (exact) mass is 294 g/mol. The van der Waals surface area contributed by atoms with Crippen molar-refractivity contribution in [3.63, 3.8) is 0 Å². The van der Waals surface area contributed by atoms with E-state index in [1.807, 2.05) is 30.3 Å². The van der Waals surface area contributed by atoms with Crippen molar-refractivity contribution < 1.29 is 9.59 Å². The highest BCUT2D eigenvalue weighted by atomic mass is 16.2. The molecule has 1 saturated carbocycles. The first-order chi connectivity index (χ1) is 10.7.